The van der Waals surface area contributed by atoms with E-state index in [4.69, 9.17) is 24.1 Å². The topological polar surface area (TPSA) is 74.2 Å². The molecule has 6 heteroatoms. The van der Waals surface area contributed by atoms with Crippen LogP contribution in [0.5, 0.6) is 5.75 Å². The molecule has 0 aromatic heterocycles. The highest BCUT2D eigenvalue weighted by Gasteiger charge is 2.50. The van der Waals surface area contributed by atoms with Gasteiger partial charge in [-0.3, -0.25) is 0 Å². The zero-order valence-electron chi connectivity index (χ0n) is 16.4. The maximum atomic E-state index is 10.6. The highest BCUT2D eigenvalue weighted by molar-refractivity contribution is 5.67. The first-order valence-electron chi connectivity index (χ1n) is 10.4. The molecule has 5 rings (SSSR count). The molecule has 1 aromatic carbocycles. The summed E-state index contributed by atoms with van der Waals surface area (Å²) in [5.74, 6) is -0.0624. The maximum absolute atomic E-state index is 10.6. The molecule has 1 aromatic rings. The minimum absolute atomic E-state index is 0.129. The van der Waals surface area contributed by atoms with E-state index in [9.17, 15) is 4.79 Å². The van der Waals surface area contributed by atoms with Gasteiger partial charge in [0.05, 0.1) is 18.8 Å². The van der Waals surface area contributed by atoms with Crippen LogP contribution in [0.4, 0.5) is 0 Å². The van der Waals surface area contributed by atoms with Crippen molar-refractivity contribution in [1.82, 2.24) is 0 Å². The van der Waals surface area contributed by atoms with Crippen LogP contribution in [0.1, 0.15) is 56.9 Å². The second-order valence-corrected chi connectivity index (χ2v) is 8.42. The largest absolute Gasteiger partial charge is 0.480 e. The van der Waals surface area contributed by atoms with Crippen LogP contribution in [-0.2, 0) is 24.6 Å². The zero-order valence-corrected chi connectivity index (χ0v) is 16.4. The highest BCUT2D eigenvalue weighted by Crippen LogP contribution is 2.55. The van der Waals surface area contributed by atoms with E-state index in [1.54, 1.807) is 0 Å². The Morgan fingerprint density at radius 1 is 1.21 bits per heavy atom. The van der Waals surface area contributed by atoms with E-state index in [0.717, 1.165) is 63.7 Å². The van der Waals surface area contributed by atoms with Crippen molar-refractivity contribution >= 4 is 5.97 Å². The molecule has 0 spiro atoms. The van der Waals surface area contributed by atoms with Crippen molar-refractivity contribution in [2.45, 2.75) is 63.3 Å². The minimum atomic E-state index is -0.916. The molecule has 4 aliphatic rings. The lowest BCUT2D eigenvalue weighted by Crippen LogP contribution is -2.49. The Morgan fingerprint density at radius 2 is 2.07 bits per heavy atom. The van der Waals surface area contributed by atoms with E-state index in [1.807, 2.05) is 12.1 Å². The van der Waals surface area contributed by atoms with E-state index in [2.05, 4.69) is 12.1 Å². The smallest absolute Gasteiger partial charge is 0.329 e. The summed E-state index contributed by atoms with van der Waals surface area (Å²) in [7, 11) is 0. The molecule has 0 amide bonds. The van der Waals surface area contributed by atoms with Crippen molar-refractivity contribution in [3.8, 4) is 5.75 Å². The summed E-state index contributed by atoms with van der Waals surface area (Å²) in [6.07, 6.45) is 8.05. The first kappa shape index (κ1) is 19.7. The zero-order chi connectivity index (χ0) is 19.5. The molecule has 1 N–H and O–H groups in total. The molecule has 1 atom stereocenters. The van der Waals surface area contributed by atoms with Crippen molar-refractivity contribution in [3.05, 3.63) is 29.8 Å². The number of benzene rings is 1. The summed E-state index contributed by atoms with van der Waals surface area (Å²) in [5, 5.41) is 8.70. The summed E-state index contributed by atoms with van der Waals surface area (Å²) in [4.78, 5) is 10.6. The van der Waals surface area contributed by atoms with Gasteiger partial charge in [-0.2, -0.15) is 0 Å². The third-order valence-corrected chi connectivity index (χ3v) is 6.54. The van der Waals surface area contributed by atoms with Gasteiger partial charge in [-0.15, -0.1) is 0 Å². The van der Waals surface area contributed by atoms with Gasteiger partial charge in [0.15, 0.2) is 6.29 Å². The molecule has 3 saturated heterocycles. The molecule has 28 heavy (non-hydrogen) atoms. The quantitative estimate of drug-likeness (QED) is 0.679. The van der Waals surface area contributed by atoms with Crippen LogP contribution in [0.25, 0.3) is 0 Å². The van der Waals surface area contributed by atoms with Crippen molar-refractivity contribution in [2.24, 2.45) is 5.41 Å². The molecule has 0 radical (unpaired) electrons. The fourth-order valence-corrected chi connectivity index (χ4v) is 4.72. The van der Waals surface area contributed by atoms with Gasteiger partial charge in [-0.25, -0.2) is 4.79 Å². The van der Waals surface area contributed by atoms with Crippen LogP contribution in [0.2, 0.25) is 0 Å². The number of carboxylic acid groups (broad SMARTS) is 1. The Labute approximate surface area is 166 Å². The molecular formula is C22H30O6. The van der Waals surface area contributed by atoms with Gasteiger partial charge in [0, 0.05) is 13.0 Å². The molecule has 6 nitrogen and oxygen atoms in total. The second-order valence-electron chi connectivity index (χ2n) is 8.42. The highest BCUT2D eigenvalue weighted by atomic mass is 16.7. The summed E-state index contributed by atoms with van der Waals surface area (Å²) in [6.45, 7) is 1.74. The van der Waals surface area contributed by atoms with Crippen LogP contribution >= 0.6 is 0 Å². The minimum Gasteiger partial charge on any atom is -0.480 e. The van der Waals surface area contributed by atoms with Crippen LogP contribution < -0.4 is 4.74 Å². The summed E-state index contributed by atoms with van der Waals surface area (Å²) >= 11 is 0. The molecule has 1 unspecified atom stereocenters. The number of carbonyl (C=O) groups is 1. The van der Waals surface area contributed by atoms with Gasteiger partial charge in [0.25, 0.3) is 0 Å². The van der Waals surface area contributed by atoms with E-state index in [1.165, 1.54) is 5.56 Å². The van der Waals surface area contributed by atoms with Crippen molar-refractivity contribution < 1.29 is 28.8 Å². The molecule has 3 aliphatic heterocycles. The molecule has 4 fully saturated rings. The number of aliphatic carboxylic acids is 1. The third-order valence-electron chi connectivity index (χ3n) is 6.54. The lowest BCUT2D eigenvalue weighted by Gasteiger charge is -2.53. The van der Waals surface area contributed by atoms with E-state index in [0.29, 0.717) is 13.2 Å². The Bertz CT molecular complexity index is 657. The van der Waals surface area contributed by atoms with Crippen molar-refractivity contribution in [2.75, 3.05) is 26.4 Å². The molecule has 2 bridgehead atoms. The average Bonchev–Trinajstić information content (AvgIpc) is 2.74. The monoisotopic (exact) mass is 390 g/mol. The van der Waals surface area contributed by atoms with E-state index < -0.39 is 5.97 Å². The van der Waals surface area contributed by atoms with E-state index in [-0.39, 0.29) is 23.9 Å². The number of hydrogen-bond donors (Lipinski definition) is 1. The Morgan fingerprint density at radius 3 is 2.75 bits per heavy atom. The van der Waals surface area contributed by atoms with Crippen LogP contribution in [-0.4, -0.2) is 43.8 Å². The van der Waals surface area contributed by atoms with Crippen LogP contribution in [0.3, 0.4) is 0 Å². The number of ether oxygens (including phenoxy) is 4. The van der Waals surface area contributed by atoms with Crippen molar-refractivity contribution in [1.29, 1.82) is 0 Å². The first-order valence-corrected chi connectivity index (χ1v) is 10.4. The average molecular weight is 390 g/mol. The maximum Gasteiger partial charge on any atom is 0.329 e. The van der Waals surface area contributed by atoms with Gasteiger partial charge < -0.3 is 24.1 Å². The normalized spacial score (nSPS) is 32.2. The summed E-state index contributed by atoms with van der Waals surface area (Å²) < 4.78 is 23.4. The predicted octanol–water partition coefficient (Wildman–Crippen LogP) is 3.87. The van der Waals surface area contributed by atoms with Crippen LogP contribution in [0.15, 0.2) is 24.3 Å². The second kappa shape index (κ2) is 8.39. The Balaban J connectivity index is 1.36. The van der Waals surface area contributed by atoms with Gasteiger partial charge in [0.1, 0.15) is 12.4 Å². The molecule has 1 saturated carbocycles. The van der Waals surface area contributed by atoms with Gasteiger partial charge in [0.2, 0.25) is 0 Å². The third kappa shape index (κ3) is 4.34. The van der Waals surface area contributed by atoms with Crippen molar-refractivity contribution in [3.63, 3.8) is 0 Å². The van der Waals surface area contributed by atoms with E-state index >= 15 is 0 Å². The Hall–Kier alpha value is -1.63. The van der Waals surface area contributed by atoms with Gasteiger partial charge >= 0.3 is 5.97 Å². The molecule has 1 aliphatic carbocycles. The molecular weight excluding hydrogens is 360 g/mol. The van der Waals surface area contributed by atoms with Gasteiger partial charge in [-0.05, 0) is 68.1 Å². The molecule has 154 valence electrons. The fourth-order valence-electron chi connectivity index (χ4n) is 4.72. The van der Waals surface area contributed by atoms with Gasteiger partial charge in [-0.1, -0.05) is 12.1 Å². The lowest BCUT2D eigenvalue weighted by molar-refractivity contribution is -0.194. The predicted molar refractivity (Wildman–Crippen MR) is 102 cm³/mol. The fraction of sp³-hybridized carbons (Fsp3) is 0.682. The van der Waals surface area contributed by atoms with Crippen LogP contribution in [0, 0.1) is 5.41 Å². The summed E-state index contributed by atoms with van der Waals surface area (Å²) in [5.41, 5.74) is 1.09. The SMILES string of the molecule is O=C(O)COCCC12CCC(c3cccc(OC4CCCCO4)c3)(CC1)OC2. The number of fused-ring (bicyclic) bond motifs is 3. The Kier molecular flexibility index (Phi) is 5.90. The first-order chi connectivity index (χ1) is 13.6. The number of hydrogen-bond acceptors (Lipinski definition) is 5. The standard InChI is InChI=1S/C22H30O6/c23-19(24)15-25-13-11-21-7-9-22(10-8-21,27-16-21)17-4-3-5-18(14-17)28-20-6-1-2-12-26-20/h3-5,14,20H,1-2,6-13,15-16H2,(H,23,24). The lowest BCUT2D eigenvalue weighted by atomic mass is 9.63. The number of carboxylic acids is 1. The summed E-state index contributed by atoms with van der Waals surface area (Å²) in [6, 6.07) is 8.30. The molecule has 3 heterocycles. The number of rotatable bonds is 8.